The van der Waals surface area contributed by atoms with Crippen molar-refractivity contribution in [3.05, 3.63) is 70.4 Å². The van der Waals surface area contributed by atoms with Crippen LogP contribution < -0.4 is 15.4 Å². The number of nitrogens with zero attached hydrogens (tertiary/aromatic N) is 1. The van der Waals surface area contributed by atoms with E-state index >= 15 is 0 Å². The van der Waals surface area contributed by atoms with Gasteiger partial charge in [-0.2, -0.15) is 0 Å². The molecule has 1 aliphatic heterocycles. The monoisotopic (exact) mass is 488 g/mol. The molecule has 0 spiro atoms. The maximum atomic E-state index is 13.4. The van der Waals surface area contributed by atoms with Gasteiger partial charge in [0, 0.05) is 36.6 Å². The minimum Gasteiger partial charge on any atom is -0.497 e. The molecule has 4 rings (SSSR count). The zero-order valence-electron chi connectivity index (χ0n) is 22.1. The molecule has 3 N–H and O–H groups in total. The number of rotatable bonds is 9. The van der Waals surface area contributed by atoms with Gasteiger partial charge in [-0.3, -0.25) is 4.79 Å². The van der Waals surface area contributed by atoms with E-state index in [1.165, 1.54) is 57.0 Å². The summed E-state index contributed by atoms with van der Waals surface area (Å²) in [4.78, 5) is 16.1. The van der Waals surface area contributed by atoms with E-state index in [9.17, 15) is 4.79 Å². The minimum absolute atomic E-state index is 0.0591. The molecule has 0 bridgehead atoms. The van der Waals surface area contributed by atoms with Gasteiger partial charge in [0.05, 0.1) is 13.2 Å². The van der Waals surface area contributed by atoms with Gasteiger partial charge in [0.25, 0.3) is 5.91 Å². The van der Waals surface area contributed by atoms with Gasteiger partial charge in [0.15, 0.2) is 0 Å². The quantitative estimate of drug-likeness (QED) is 0.411. The SMILES string of the molecule is CN/C=C(\C=N)c1cc(OC)cc([C@@H](C)NC(=O)c2cc(C3CCN(C4CCC4)CC3)ccc2C)c1. The molecule has 1 aliphatic carbocycles. The molecule has 2 aliphatic rings. The van der Waals surface area contributed by atoms with Gasteiger partial charge in [-0.25, -0.2) is 0 Å². The highest BCUT2D eigenvalue weighted by Gasteiger charge is 2.29. The number of carbonyl (C=O) groups excluding carboxylic acids is 1. The van der Waals surface area contributed by atoms with Gasteiger partial charge in [-0.15, -0.1) is 0 Å². The topological polar surface area (TPSA) is 77.5 Å². The van der Waals surface area contributed by atoms with Crippen LogP contribution in [0.15, 0.2) is 42.6 Å². The molecule has 1 heterocycles. The Morgan fingerprint density at radius 1 is 1.14 bits per heavy atom. The number of benzene rings is 2. The molecule has 6 heteroatoms. The second kappa shape index (κ2) is 11.7. The van der Waals surface area contributed by atoms with Crippen molar-refractivity contribution in [2.75, 3.05) is 27.2 Å². The average Bonchev–Trinajstić information content (AvgIpc) is 2.86. The van der Waals surface area contributed by atoms with Crippen molar-refractivity contribution >= 4 is 17.7 Å². The van der Waals surface area contributed by atoms with E-state index in [1.807, 2.05) is 39.1 Å². The lowest BCUT2D eigenvalue weighted by Gasteiger charge is -2.42. The molecule has 36 heavy (non-hydrogen) atoms. The predicted octanol–water partition coefficient (Wildman–Crippen LogP) is 5.44. The predicted molar refractivity (Wildman–Crippen MR) is 147 cm³/mol. The highest BCUT2D eigenvalue weighted by atomic mass is 16.5. The highest BCUT2D eigenvalue weighted by Crippen LogP contribution is 2.34. The van der Waals surface area contributed by atoms with Gasteiger partial charge in [-0.05, 0) is 105 Å². The molecule has 1 atom stereocenters. The van der Waals surface area contributed by atoms with E-state index in [0.29, 0.717) is 11.7 Å². The zero-order chi connectivity index (χ0) is 25.7. The normalized spacial score (nSPS) is 18.3. The van der Waals surface area contributed by atoms with Crippen molar-refractivity contribution in [1.29, 1.82) is 5.41 Å². The Bertz CT molecular complexity index is 1110. The first-order valence-electron chi connectivity index (χ1n) is 13.2. The Hall–Kier alpha value is -3.12. The van der Waals surface area contributed by atoms with Crippen molar-refractivity contribution in [3.63, 3.8) is 0 Å². The first kappa shape index (κ1) is 26.0. The maximum Gasteiger partial charge on any atom is 0.252 e. The Morgan fingerprint density at radius 3 is 2.50 bits per heavy atom. The maximum absolute atomic E-state index is 13.4. The van der Waals surface area contributed by atoms with Crippen LogP contribution >= 0.6 is 0 Å². The third-order valence-electron chi connectivity index (χ3n) is 7.90. The average molecular weight is 489 g/mol. The van der Waals surface area contributed by atoms with Crippen LogP contribution in [0.3, 0.4) is 0 Å². The number of aryl methyl sites for hydroxylation is 1. The molecule has 192 valence electrons. The van der Waals surface area contributed by atoms with Gasteiger partial charge >= 0.3 is 0 Å². The Balaban J connectivity index is 1.48. The summed E-state index contributed by atoms with van der Waals surface area (Å²) in [5, 5.41) is 13.9. The first-order chi connectivity index (χ1) is 17.4. The van der Waals surface area contributed by atoms with Gasteiger partial charge in [0.2, 0.25) is 0 Å². The van der Waals surface area contributed by atoms with E-state index in [1.54, 1.807) is 13.3 Å². The minimum atomic E-state index is -0.221. The lowest BCUT2D eigenvalue weighted by molar-refractivity contribution is 0.0938. The van der Waals surface area contributed by atoms with Crippen LogP contribution in [0.2, 0.25) is 0 Å². The summed E-state index contributed by atoms with van der Waals surface area (Å²) in [6.45, 7) is 6.32. The molecular weight excluding hydrogens is 448 g/mol. The summed E-state index contributed by atoms with van der Waals surface area (Å²) in [6.07, 6.45) is 9.53. The zero-order valence-corrected chi connectivity index (χ0v) is 22.1. The summed E-state index contributed by atoms with van der Waals surface area (Å²) in [6, 6.07) is 12.8. The van der Waals surface area contributed by atoms with Gasteiger partial charge in [0.1, 0.15) is 5.75 Å². The fourth-order valence-electron chi connectivity index (χ4n) is 5.37. The van der Waals surface area contributed by atoms with Crippen LogP contribution in [0.25, 0.3) is 5.57 Å². The van der Waals surface area contributed by atoms with E-state index in [-0.39, 0.29) is 11.9 Å². The third-order valence-corrected chi connectivity index (χ3v) is 7.90. The second-order valence-corrected chi connectivity index (χ2v) is 10.2. The molecule has 0 aromatic heterocycles. The lowest BCUT2D eigenvalue weighted by atomic mass is 9.84. The molecule has 1 amide bonds. The summed E-state index contributed by atoms with van der Waals surface area (Å²) in [7, 11) is 3.44. The lowest BCUT2D eigenvalue weighted by Crippen LogP contribution is -2.44. The molecule has 1 saturated carbocycles. The number of methoxy groups -OCH3 is 1. The number of ether oxygens (including phenoxy) is 1. The molecular formula is C30H40N4O2. The number of likely N-dealkylation sites (tertiary alicyclic amines) is 1. The van der Waals surface area contributed by atoms with Crippen LogP contribution in [0, 0.1) is 12.3 Å². The molecule has 6 nitrogen and oxygen atoms in total. The van der Waals surface area contributed by atoms with E-state index in [0.717, 1.165) is 33.9 Å². The smallest absolute Gasteiger partial charge is 0.252 e. The molecule has 2 aromatic carbocycles. The number of nitrogens with one attached hydrogen (secondary N) is 3. The van der Waals surface area contributed by atoms with Gasteiger partial charge < -0.3 is 25.7 Å². The fourth-order valence-corrected chi connectivity index (χ4v) is 5.37. The van der Waals surface area contributed by atoms with Crippen LogP contribution in [0.5, 0.6) is 5.75 Å². The van der Waals surface area contributed by atoms with Crippen molar-refractivity contribution in [2.45, 2.75) is 64.0 Å². The number of hydrogen-bond acceptors (Lipinski definition) is 5. The van der Waals surface area contributed by atoms with Crippen molar-refractivity contribution in [3.8, 4) is 5.75 Å². The molecule has 2 fully saturated rings. The Kier molecular flexibility index (Phi) is 8.47. The number of piperidine rings is 1. The van der Waals surface area contributed by atoms with E-state index in [2.05, 4.69) is 33.7 Å². The van der Waals surface area contributed by atoms with E-state index in [4.69, 9.17) is 10.1 Å². The number of hydrogen-bond donors (Lipinski definition) is 3. The molecule has 0 radical (unpaired) electrons. The van der Waals surface area contributed by atoms with Crippen molar-refractivity contribution in [1.82, 2.24) is 15.5 Å². The number of allylic oxidation sites excluding steroid dienone is 1. The summed E-state index contributed by atoms with van der Waals surface area (Å²) in [5.41, 5.74) is 5.55. The first-order valence-corrected chi connectivity index (χ1v) is 13.2. The van der Waals surface area contributed by atoms with E-state index < -0.39 is 0 Å². The second-order valence-electron chi connectivity index (χ2n) is 10.2. The van der Waals surface area contributed by atoms with Crippen LogP contribution in [0.4, 0.5) is 0 Å². The van der Waals surface area contributed by atoms with Crippen LogP contribution in [0.1, 0.15) is 83.6 Å². The largest absolute Gasteiger partial charge is 0.497 e. The fraction of sp³-hybridized carbons (Fsp3) is 0.467. The highest BCUT2D eigenvalue weighted by molar-refractivity contribution is 6.08. The molecule has 2 aromatic rings. The number of amides is 1. The Morgan fingerprint density at radius 2 is 1.89 bits per heavy atom. The van der Waals surface area contributed by atoms with Crippen molar-refractivity contribution in [2.24, 2.45) is 0 Å². The van der Waals surface area contributed by atoms with Gasteiger partial charge in [-0.1, -0.05) is 18.6 Å². The molecule has 1 saturated heterocycles. The third kappa shape index (κ3) is 5.81. The van der Waals surface area contributed by atoms with Crippen LogP contribution in [-0.4, -0.2) is 50.3 Å². The number of carbonyl (C=O) groups is 1. The summed E-state index contributed by atoms with van der Waals surface area (Å²) in [5.74, 6) is 1.15. The standard InChI is InChI=1S/C30H40N4O2/c1-20-8-9-23(22-10-12-34(13-11-22)27-6-5-7-27)17-29(20)30(35)33-21(2)24-14-25(16-28(15-24)36-4)26(18-31)19-32-3/h8-9,14-19,21-22,27,31-32H,5-7,10-13H2,1-4H3,(H,33,35)/b26-19+,31-18?/t21-/m1/s1. The molecule has 0 unspecified atom stereocenters. The summed E-state index contributed by atoms with van der Waals surface area (Å²) < 4.78 is 5.50. The van der Waals surface area contributed by atoms with Crippen LogP contribution in [-0.2, 0) is 0 Å². The summed E-state index contributed by atoms with van der Waals surface area (Å²) >= 11 is 0. The Labute approximate surface area is 215 Å². The van der Waals surface area contributed by atoms with Crippen molar-refractivity contribution < 1.29 is 9.53 Å².